The van der Waals surface area contributed by atoms with Crippen molar-refractivity contribution in [3.8, 4) is 5.75 Å². The standard InChI is InChI=1S/C22H28N2O2/c1-17(2)19-9-7-18(8-10-19)11-12-23-22(25)16-24-13-14-26-21-6-4-3-5-20(21)15-24/h3-10,17H,11-16H2,1-2H3,(H,23,25). The van der Waals surface area contributed by atoms with Gasteiger partial charge in [-0.05, 0) is 29.5 Å². The smallest absolute Gasteiger partial charge is 0.234 e. The molecule has 1 aliphatic rings. The molecule has 0 saturated heterocycles. The van der Waals surface area contributed by atoms with Gasteiger partial charge in [0.25, 0.3) is 0 Å². The van der Waals surface area contributed by atoms with Crippen LogP contribution in [0.3, 0.4) is 0 Å². The van der Waals surface area contributed by atoms with Gasteiger partial charge in [0.2, 0.25) is 5.91 Å². The van der Waals surface area contributed by atoms with Crippen LogP contribution < -0.4 is 10.1 Å². The second-order valence-corrected chi connectivity index (χ2v) is 7.16. The summed E-state index contributed by atoms with van der Waals surface area (Å²) < 4.78 is 5.75. The maximum Gasteiger partial charge on any atom is 0.234 e. The number of nitrogens with one attached hydrogen (secondary N) is 1. The van der Waals surface area contributed by atoms with Gasteiger partial charge in [-0.3, -0.25) is 9.69 Å². The number of hydrogen-bond acceptors (Lipinski definition) is 3. The van der Waals surface area contributed by atoms with Gasteiger partial charge in [-0.15, -0.1) is 0 Å². The quantitative estimate of drug-likeness (QED) is 0.867. The van der Waals surface area contributed by atoms with Crippen molar-refractivity contribution in [1.82, 2.24) is 10.2 Å². The molecular weight excluding hydrogens is 324 g/mol. The third kappa shape index (κ3) is 5.09. The fraction of sp³-hybridized carbons (Fsp3) is 0.409. The van der Waals surface area contributed by atoms with Gasteiger partial charge in [0.15, 0.2) is 0 Å². The summed E-state index contributed by atoms with van der Waals surface area (Å²) >= 11 is 0. The lowest BCUT2D eigenvalue weighted by atomic mass is 10.0. The summed E-state index contributed by atoms with van der Waals surface area (Å²) in [6, 6.07) is 16.7. The van der Waals surface area contributed by atoms with E-state index in [1.54, 1.807) is 0 Å². The predicted molar refractivity (Wildman–Crippen MR) is 104 cm³/mol. The summed E-state index contributed by atoms with van der Waals surface area (Å²) in [5.41, 5.74) is 3.75. The number of ether oxygens (including phenoxy) is 1. The molecule has 1 amide bonds. The Morgan fingerprint density at radius 2 is 1.92 bits per heavy atom. The largest absolute Gasteiger partial charge is 0.492 e. The first-order valence-corrected chi connectivity index (χ1v) is 9.40. The molecule has 26 heavy (non-hydrogen) atoms. The topological polar surface area (TPSA) is 41.6 Å². The lowest BCUT2D eigenvalue weighted by Gasteiger charge is -2.18. The van der Waals surface area contributed by atoms with E-state index in [2.05, 4.69) is 54.4 Å². The van der Waals surface area contributed by atoms with Crippen LogP contribution in [0.5, 0.6) is 5.75 Å². The fourth-order valence-corrected chi connectivity index (χ4v) is 3.19. The Morgan fingerprint density at radius 3 is 2.69 bits per heavy atom. The van der Waals surface area contributed by atoms with Crippen molar-refractivity contribution in [3.63, 3.8) is 0 Å². The second kappa shape index (κ2) is 8.86. The Morgan fingerprint density at radius 1 is 1.15 bits per heavy atom. The number of para-hydroxylation sites is 1. The van der Waals surface area contributed by atoms with E-state index in [1.165, 1.54) is 11.1 Å². The molecule has 3 rings (SSSR count). The van der Waals surface area contributed by atoms with Gasteiger partial charge in [-0.2, -0.15) is 0 Å². The average molecular weight is 352 g/mol. The minimum atomic E-state index is 0.0724. The van der Waals surface area contributed by atoms with Gasteiger partial charge in [-0.1, -0.05) is 56.3 Å². The van der Waals surface area contributed by atoms with Gasteiger partial charge in [0.05, 0.1) is 6.54 Å². The van der Waals surface area contributed by atoms with Crippen molar-refractivity contribution in [2.45, 2.75) is 32.7 Å². The van der Waals surface area contributed by atoms with Crippen molar-refractivity contribution in [2.24, 2.45) is 0 Å². The first kappa shape index (κ1) is 18.5. The SMILES string of the molecule is CC(C)c1ccc(CCNC(=O)CN2CCOc3ccccc3C2)cc1. The Hall–Kier alpha value is -2.33. The second-order valence-electron chi connectivity index (χ2n) is 7.16. The molecule has 1 aliphatic heterocycles. The maximum atomic E-state index is 12.3. The van der Waals surface area contributed by atoms with E-state index < -0.39 is 0 Å². The Kier molecular flexibility index (Phi) is 6.29. The fourth-order valence-electron chi connectivity index (χ4n) is 3.19. The van der Waals surface area contributed by atoms with Gasteiger partial charge >= 0.3 is 0 Å². The highest BCUT2D eigenvalue weighted by atomic mass is 16.5. The van der Waals surface area contributed by atoms with Crippen LogP contribution in [0.15, 0.2) is 48.5 Å². The minimum absolute atomic E-state index is 0.0724. The van der Waals surface area contributed by atoms with E-state index in [9.17, 15) is 4.79 Å². The summed E-state index contributed by atoms with van der Waals surface area (Å²) in [4.78, 5) is 14.4. The van der Waals surface area contributed by atoms with Crippen LogP contribution in [-0.4, -0.2) is 37.0 Å². The molecule has 0 aliphatic carbocycles. The molecule has 0 atom stereocenters. The van der Waals surface area contributed by atoms with Gasteiger partial charge in [0.1, 0.15) is 12.4 Å². The Bertz CT molecular complexity index is 725. The average Bonchev–Trinajstić information content (AvgIpc) is 2.83. The number of rotatable bonds is 6. The summed E-state index contributed by atoms with van der Waals surface area (Å²) in [6.45, 7) is 7.60. The highest BCUT2D eigenvalue weighted by Crippen LogP contribution is 2.22. The van der Waals surface area contributed by atoms with E-state index in [1.807, 2.05) is 18.2 Å². The number of hydrogen-bond donors (Lipinski definition) is 1. The zero-order valence-corrected chi connectivity index (χ0v) is 15.7. The van der Waals surface area contributed by atoms with Crippen LogP contribution in [0.4, 0.5) is 0 Å². The van der Waals surface area contributed by atoms with E-state index in [0.29, 0.717) is 25.6 Å². The number of carbonyl (C=O) groups excluding carboxylic acids is 1. The highest BCUT2D eigenvalue weighted by molar-refractivity contribution is 5.78. The lowest BCUT2D eigenvalue weighted by Crippen LogP contribution is -2.38. The van der Waals surface area contributed by atoms with Crippen LogP contribution in [0.1, 0.15) is 36.5 Å². The molecule has 0 aromatic heterocycles. The monoisotopic (exact) mass is 352 g/mol. The van der Waals surface area contributed by atoms with Gasteiger partial charge in [0, 0.05) is 25.2 Å². The van der Waals surface area contributed by atoms with E-state index >= 15 is 0 Å². The van der Waals surface area contributed by atoms with Crippen LogP contribution in [-0.2, 0) is 17.8 Å². The molecule has 2 aromatic rings. The Balaban J connectivity index is 1.44. The molecule has 1 heterocycles. The molecule has 4 nitrogen and oxygen atoms in total. The van der Waals surface area contributed by atoms with E-state index in [4.69, 9.17) is 4.74 Å². The Labute approximate surface area is 156 Å². The molecule has 0 radical (unpaired) electrons. The molecule has 0 unspecified atom stereocenters. The molecule has 2 aromatic carbocycles. The third-order valence-corrected chi connectivity index (χ3v) is 4.78. The van der Waals surface area contributed by atoms with Crippen molar-refractivity contribution in [3.05, 3.63) is 65.2 Å². The first-order chi connectivity index (χ1) is 12.6. The van der Waals surface area contributed by atoms with Crippen LogP contribution in [0.2, 0.25) is 0 Å². The number of fused-ring (bicyclic) bond motifs is 1. The molecule has 0 fully saturated rings. The summed E-state index contributed by atoms with van der Waals surface area (Å²) in [6.07, 6.45) is 0.857. The van der Waals surface area contributed by atoms with E-state index in [0.717, 1.165) is 30.8 Å². The third-order valence-electron chi connectivity index (χ3n) is 4.78. The summed E-state index contributed by atoms with van der Waals surface area (Å²) in [7, 11) is 0. The van der Waals surface area contributed by atoms with Crippen LogP contribution >= 0.6 is 0 Å². The van der Waals surface area contributed by atoms with Crippen molar-refractivity contribution in [2.75, 3.05) is 26.2 Å². The lowest BCUT2D eigenvalue weighted by molar-refractivity contribution is -0.122. The number of amides is 1. The molecular formula is C22H28N2O2. The van der Waals surface area contributed by atoms with Gasteiger partial charge in [-0.25, -0.2) is 0 Å². The summed E-state index contributed by atoms with van der Waals surface area (Å²) in [5, 5.41) is 3.04. The van der Waals surface area contributed by atoms with Crippen molar-refractivity contribution >= 4 is 5.91 Å². The van der Waals surface area contributed by atoms with Crippen molar-refractivity contribution < 1.29 is 9.53 Å². The van der Waals surface area contributed by atoms with Crippen LogP contribution in [0.25, 0.3) is 0 Å². The van der Waals surface area contributed by atoms with Crippen molar-refractivity contribution in [1.29, 1.82) is 0 Å². The normalized spacial score (nSPS) is 14.4. The molecule has 4 heteroatoms. The zero-order chi connectivity index (χ0) is 18.4. The molecule has 0 saturated carbocycles. The molecule has 0 spiro atoms. The first-order valence-electron chi connectivity index (χ1n) is 9.40. The number of benzene rings is 2. The van der Waals surface area contributed by atoms with E-state index in [-0.39, 0.29) is 5.91 Å². The van der Waals surface area contributed by atoms with Crippen LogP contribution in [0, 0.1) is 0 Å². The molecule has 138 valence electrons. The maximum absolute atomic E-state index is 12.3. The minimum Gasteiger partial charge on any atom is -0.492 e. The zero-order valence-electron chi connectivity index (χ0n) is 15.7. The molecule has 0 bridgehead atoms. The number of carbonyl (C=O) groups is 1. The van der Waals surface area contributed by atoms with Gasteiger partial charge < -0.3 is 10.1 Å². The predicted octanol–water partition coefficient (Wildman–Crippen LogP) is 3.36. The summed E-state index contributed by atoms with van der Waals surface area (Å²) in [5.74, 6) is 1.55. The molecule has 1 N–H and O–H groups in total. The highest BCUT2D eigenvalue weighted by Gasteiger charge is 2.17. The number of nitrogens with zero attached hydrogens (tertiary/aromatic N) is 1.